The van der Waals surface area contributed by atoms with Gasteiger partial charge in [0.1, 0.15) is 12.2 Å². The Labute approximate surface area is 90.1 Å². The number of hydrogen-bond acceptors (Lipinski definition) is 3. The fourth-order valence-corrected chi connectivity index (χ4v) is 1.14. The molecule has 0 aliphatic rings. The maximum Gasteiger partial charge on any atom is 0.229 e. The predicted octanol–water partition coefficient (Wildman–Crippen LogP) is 1.65. The van der Waals surface area contributed by atoms with Crippen LogP contribution < -0.4 is 5.32 Å². The van der Waals surface area contributed by atoms with E-state index in [1.54, 1.807) is 6.20 Å². The lowest BCUT2D eigenvalue weighted by Gasteiger charge is -2.13. The van der Waals surface area contributed by atoms with Gasteiger partial charge < -0.3 is 9.73 Å². The van der Waals surface area contributed by atoms with Crippen LogP contribution in [-0.4, -0.2) is 17.4 Å². The Hall–Kier alpha value is -1.32. The monoisotopic (exact) mass is 210 g/mol. The highest BCUT2D eigenvalue weighted by atomic mass is 16.4. The zero-order valence-corrected chi connectivity index (χ0v) is 9.76. The number of likely N-dealkylation sites (N-methyl/N-ethyl adjacent to an activating group) is 1. The van der Waals surface area contributed by atoms with E-state index >= 15 is 0 Å². The van der Waals surface area contributed by atoms with Crippen LogP contribution in [0.1, 0.15) is 39.3 Å². The van der Waals surface area contributed by atoms with Crippen LogP contribution in [0.2, 0.25) is 0 Å². The van der Waals surface area contributed by atoms with Crippen molar-refractivity contribution in [1.82, 2.24) is 10.3 Å². The minimum absolute atomic E-state index is 0.0557. The van der Waals surface area contributed by atoms with Crippen molar-refractivity contribution in [3.63, 3.8) is 0 Å². The highest BCUT2D eigenvalue weighted by Crippen LogP contribution is 2.22. The SMILES string of the molecule is CCNC(=O)Cc1ncc(C(C)(C)C)o1. The standard InChI is InChI=1S/C11H18N2O2/c1-5-12-9(14)6-10-13-7-8(15-10)11(2,3)4/h7H,5-6H2,1-4H3,(H,12,14). The van der Waals surface area contributed by atoms with Crippen molar-refractivity contribution in [2.24, 2.45) is 0 Å². The summed E-state index contributed by atoms with van der Waals surface area (Å²) < 4.78 is 5.49. The molecule has 0 aromatic carbocycles. The van der Waals surface area contributed by atoms with Crippen LogP contribution in [0, 0.1) is 0 Å². The molecular weight excluding hydrogens is 192 g/mol. The largest absolute Gasteiger partial charge is 0.445 e. The van der Waals surface area contributed by atoms with Gasteiger partial charge in [0.2, 0.25) is 11.8 Å². The first kappa shape index (κ1) is 11.8. The molecule has 0 fully saturated rings. The number of carbonyl (C=O) groups is 1. The van der Waals surface area contributed by atoms with E-state index in [0.717, 1.165) is 5.76 Å². The molecule has 0 aliphatic carbocycles. The molecule has 1 rings (SSSR count). The van der Waals surface area contributed by atoms with Crippen LogP contribution in [0.4, 0.5) is 0 Å². The van der Waals surface area contributed by atoms with Crippen LogP contribution in [-0.2, 0) is 16.6 Å². The Morgan fingerprint density at radius 1 is 1.53 bits per heavy atom. The van der Waals surface area contributed by atoms with Crippen LogP contribution in [0.3, 0.4) is 0 Å². The summed E-state index contributed by atoms with van der Waals surface area (Å²) in [6, 6.07) is 0. The summed E-state index contributed by atoms with van der Waals surface area (Å²) in [6.07, 6.45) is 1.90. The number of nitrogens with zero attached hydrogens (tertiary/aromatic N) is 1. The molecule has 1 aromatic rings. The Balaban J connectivity index is 2.65. The molecule has 1 N–H and O–H groups in total. The van der Waals surface area contributed by atoms with Gasteiger partial charge in [0.25, 0.3) is 0 Å². The molecule has 0 saturated carbocycles. The van der Waals surface area contributed by atoms with Crippen molar-refractivity contribution >= 4 is 5.91 Å². The first-order valence-corrected chi connectivity index (χ1v) is 5.15. The third kappa shape index (κ3) is 3.38. The molecule has 1 heterocycles. The van der Waals surface area contributed by atoms with Crippen LogP contribution >= 0.6 is 0 Å². The second-order valence-electron chi connectivity index (χ2n) is 4.50. The smallest absolute Gasteiger partial charge is 0.229 e. The third-order valence-electron chi connectivity index (χ3n) is 1.98. The Morgan fingerprint density at radius 3 is 2.67 bits per heavy atom. The average Bonchev–Trinajstić information content (AvgIpc) is 2.52. The molecule has 84 valence electrons. The second-order valence-corrected chi connectivity index (χ2v) is 4.50. The molecule has 1 amide bonds. The lowest BCUT2D eigenvalue weighted by molar-refractivity contribution is -0.120. The molecule has 15 heavy (non-hydrogen) atoms. The Kier molecular flexibility index (Phi) is 3.50. The van der Waals surface area contributed by atoms with E-state index in [1.807, 2.05) is 27.7 Å². The van der Waals surface area contributed by atoms with Gasteiger partial charge in [-0.15, -0.1) is 0 Å². The van der Waals surface area contributed by atoms with Gasteiger partial charge in [-0.1, -0.05) is 20.8 Å². The molecular formula is C11H18N2O2. The summed E-state index contributed by atoms with van der Waals surface area (Å²) in [7, 11) is 0. The van der Waals surface area contributed by atoms with Crippen molar-refractivity contribution < 1.29 is 9.21 Å². The summed E-state index contributed by atoms with van der Waals surface area (Å²) in [5.74, 6) is 1.23. The third-order valence-corrected chi connectivity index (χ3v) is 1.98. The molecule has 0 radical (unpaired) electrons. The van der Waals surface area contributed by atoms with E-state index in [-0.39, 0.29) is 17.7 Å². The van der Waals surface area contributed by atoms with Crippen molar-refractivity contribution in [1.29, 1.82) is 0 Å². The summed E-state index contributed by atoms with van der Waals surface area (Å²) >= 11 is 0. The van der Waals surface area contributed by atoms with Gasteiger partial charge in [0, 0.05) is 12.0 Å². The molecule has 1 aromatic heterocycles. The lowest BCUT2D eigenvalue weighted by Crippen LogP contribution is -2.24. The summed E-state index contributed by atoms with van der Waals surface area (Å²) in [5, 5.41) is 2.70. The van der Waals surface area contributed by atoms with Crippen molar-refractivity contribution in [3.8, 4) is 0 Å². The van der Waals surface area contributed by atoms with Gasteiger partial charge >= 0.3 is 0 Å². The predicted molar refractivity (Wildman–Crippen MR) is 57.6 cm³/mol. The van der Waals surface area contributed by atoms with E-state index in [1.165, 1.54) is 0 Å². The van der Waals surface area contributed by atoms with E-state index in [2.05, 4.69) is 10.3 Å². The van der Waals surface area contributed by atoms with E-state index in [0.29, 0.717) is 12.4 Å². The minimum atomic E-state index is -0.0630. The summed E-state index contributed by atoms with van der Waals surface area (Å²) in [6.45, 7) is 8.65. The van der Waals surface area contributed by atoms with Gasteiger partial charge in [-0.3, -0.25) is 4.79 Å². The number of hydrogen-bond donors (Lipinski definition) is 1. The zero-order chi connectivity index (χ0) is 11.5. The molecule has 0 bridgehead atoms. The fourth-order valence-electron chi connectivity index (χ4n) is 1.14. The number of rotatable bonds is 3. The van der Waals surface area contributed by atoms with Crippen LogP contribution in [0.25, 0.3) is 0 Å². The first-order valence-electron chi connectivity index (χ1n) is 5.15. The topological polar surface area (TPSA) is 55.1 Å². The summed E-state index contributed by atoms with van der Waals surface area (Å²) in [4.78, 5) is 15.3. The first-order chi connectivity index (χ1) is 6.93. The van der Waals surface area contributed by atoms with Gasteiger partial charge in [-0.25, -0.2) is 4.98 Å². The number of carbonyl (C=O) groups excluding carboxylic acids is 1. The lowest BCUT2D eigenvalue weighted by atomic mass is 9.94. The van der Waals surface area contributed by atoms with Crippen molar-refractivity contribution in [3.05, 3.63) is 17.8 Å². The van der Waals surface area contributed by atoms with Crippen LogP contribution in [0.15, 0.2) is 10.6 Å². The Morgan fingerprint density at radius 2 is 2.20 bits per heavy atom. The second kappa shape index (κ2) is 4.47. The number of aromatic nitrogens is 1. The van der Waals surface area contributed by atoms with Crippen molar-refractivity contribution in [2.45, 2.75) is 39.5 Å². The van der Waals surface area contributed by atoms with E-state index < -0.39 is 0 Å². The molecule has 0 atom stereocenters. The fraction of sp³-hybridized carbons (Fsp3) is 0.636. The zero-order valence-electron chi connectivity index (χ0n) is 9.76. The molecule has 0 aliphatic heterocycles. The average molecular weight is 210 g/mol. The Bertz CT molecular complexity index is 337. The van der Waals surface area contributed by atoms with Gasteiger partial charge in [-0.2, -0.15) is 0 Å². The number of oxazole rings is 1. The van der Waals surface area contributed by atoms with Gasteiger partial charge in [-0.05, 0) is 6.92 Å². The molecule has 0 saturated heterocycles. The molecule has 0 spiro atoms. The highest BCUT2D eigenvalue weighted by Gasteiger charge is 2.19. The van der Waals surface area contributed by atoms with Gasteiger partial charge in [0.05, 0.1) is 6.20 Å². The normalized spacial score (nSPS) is 11.5. The minimum Gasteiger partial charge on any atom is -0.445 e. The van der Waals surface area contributed by atoms with Gasteiger partial charge in [0.15, 0.2) is 0 Å². The van der Waals surface area contributed by atoms with E-state index in [9.17, 15) is 4.79 Å². The molecule has 4 heteroatoms. The molecule has 0 unspecified atom stereocenters. The van der Waals surface area contributed by atoms with Crippen molar-refractivity contribution in [2.75, 3.05) is 6.54 Å². The maximum atomic E-state index is 11.3. The molecule has 4 nitrogen and oxygen atoms in total. The quantitative estimate of drug-likeness (QED) is 0.825. The maximum absolute atomic E-state index is 11.3. The number of amides is 1. The highest BCUT2D eigenvalue weighted by molar-refractivity contribution is 5.77. The summed E-state index contributed by atoms with van der Waals surface area (Å²) in [5.41, 5.74) is -0.0630. The number of nitrogens with one attached hydrogen (secondary N) is 1. The van der Waals surface area contributed by atoms with E-state index in [4.69, 9.17) is 4.42 Å². The van der Waals surface area contributed by atoms with Crippen LogP contribution in [0.5, 0.6) is 0 Å².